The van der Waals surface area contributed by atoms with Crippen LogP contribution in [-0.4, -0.2) is 50.7 Å². The topological polar surface area (TPSA) is 109 Å². The van der Waals surface area contributed by atoms with Gasteiger partial charge in [-0.15, -0.1) is 0 Å². The third kappa shape index (κ3) is 3.62. The van der Waals surface area contributed by atoms with Crippen molar-refractivity contribution in [3.8, 4) is 0 Å². The number of nitrogens with zero attached hydrogens (tertiary/aromatic N) is 2. The van der Waals surface area contributed by atoms with Gasteiger partial charge >= 0.3 is 0 Å². The van der Waals surface area contributed by atoms with Crippen molar-refractivity contribution >= 4 is 34.6 Å². The summed E-state index contributed by atoms with van der Waals surface area (Å²) in [5.41, 5.74) is 2.68. The first kappa shape index (κ1) is 18.5. The maximum atomic E-state index is 12.4. The van der Waals surface area contributed by atoms with Crippen molar-refractivity contribution in [2.75, 3.05) is 12.0 Å². The standard InChI is InChI=1S/C17H23N5O3S/c1-8-10(9(2)18-16-15(8)17(25)21-22(16)3)5-13(23)19-11-6-12(11)20-14(24)7-26-4/h11-12H,5-7H2,1-4H3,(H,19,23)(H,20,24)(H,21,25)/t11-,12-/m1/s1. The van der Waals surface area contributed by atoms with E-state index in [4.69, 9.17) is 0 Å². The Morgan fingerprint density at radius 3 is 2.58 bits per heavy atom. The molecule has 1 fully saturated rings. The lowest BCUT2D eigenvalue weighted by Gasteiger charge is -2.11. The second-order valence-electron chi connectivity index (χ2n) is 6.69. The molecule has 3 rings (SSSR count). The Kier molecular flexibility index (Phi) is 5.08. The molecular formula is C17H23N5O3S. The van der Waals surface area contributed by atoms with Crippen LogP contribution in [0.5, 0.6) is 0 Å². The lowest BCUT2D eigenvalue weighted by molar-refractivity contribution is -0.121. The van der Waals surface area contributed by atoms with Gasteiger partial charge in [0.15, 0.2) is 5.65 Å². The van der Waals surface area contributed by atoms with E-state index in [1.165, 1.54) is 11.8 Å². The molecule has 1 aliphatic rings. The zero-order valence-corrected chi connectivity index (χ0v) is 16.1. The van der Waals surface area contributed by atoms with Gasteiger partial charge in [-0.1, -0.05) is 0 Å². The molecule has 3 N–H and O–H groups in total. The maximum absolute atomic E-state index is 12.4. The van der Waals surface area contributed by atoms with Crippen molar-refractivity contribution in [2.24, 2.45) is 7.05 Å². The highest BCUT2D eigenvalue weighted by atomic mass is 32.2. The zero-order chi connectivity index (χ0) is 19.0. The molecule has 1 saturated carbocycles. The molecule has 140 valence electrons. The van der Waals surface area contributed by atoms with E-state index in [0.717, 1.165) is 23.2 Å². The number of thioether (sulfide) groups is 1. The van der Waals surface area contributed by atoms with E-state index >= 15 is 0 Å². The van der Waals surface area contributed by atoms with Crippen molar-refractivity contribution in [2.45, 2.75) is 38.8 Å². The summed E-state index contributed by atoms with van der Waals surface area (Å²) in [6.45, 7) is 3.69. The van der Waals surface area contributed by atoms with E-state index in [0.29, 0.717) is 16.8 Å². The Hall–Kier alpha value is -2.29. The smallest absolute Gasteiger partial charge is 0.273 e. The van der Waals surface area contributed by atoms with Crippen molar-refractivity contribution in [1.29, 1.82) is 0 Å². The van der Waals surface area contributed by atoms with Crippen LogP contribution in [0.4, 0.5) is 0 Å². The predicted octanol–water partition coefficient (Wildman–Crippen LogP) is 0.157. The van der Waals surface area contributed by atoms with Crippen LogP contribution in [0.15, 0.2) is 4.79 Å². The summed E-state index contributed by atoms with van der Waals surface area (Å²) in [5.74, 6) is 0.285. The van der Waals surface area contributed by atoms with Gasteiger partial charge in [-0.25, -0.2) is 4.98 Å². The van der Waals surface area contributed by atoms with Crippen molar-refractivity contribution < 1.29 is 9.59 Å². The summed E-state index contributed by atoms with van der Waals surface area (Å²) in [4.78, 5) is 40.5. The van der Waals surface area contributed by atoms with Crippen molar-refractivity contribution in [3.63, 3.8) is 0 Å². The highest BCUT2D eigenvalue weighted by Crippen LogP contribution is 2.23. The quantitative estimate of drug-likeness (QED) is 0.664. The number of pyridine rings is 1. The van der Waals surface area contributed by atoms with E-state index in [9.17, 15) is 14.4 Å². The Balaban J connectivity index is 1.68. The number of aromatic nitrogens is 3. The third-order valence-corrected chi connectivity index (χ3v) is 5.22. The van der Waals surface area contributed by atoms with E-state index in [-0.39, 0.29) is 35.9 Å². The molecule has 2 heterocycles. The Morgan fingerprint density at radius 2 is 1.92 bits per heavy atom. The summed E-state index contributed by atoms with van der Waals surface area (Å²) < 4.78 is 1.59. The van der Waals surface area contributed by atoms with Crippen LogP contribution in [0, 0.1) is 13.8 Å². The summed E-state index contributed by atoms with van der Waals surface area (Å²) in [7, 11) is 1.74. The van der Waals surface area contributed by atoms with Gasteiger partial charge in [0.05, 0.1) is 29.6 Å². The van der Waals surface area contributed by atoms with Gasteiger partial charge in [-0.05, 0) is 37.7 Å². The summed E-state index contributed by atoms with van der Waals surface area (Å²) >= 11 is 1.47. The number of aryl methyl sites for hydroxylation is 3. The number of nitrogens with one attached hydrogen (secondary N) is 3. The van der Waals surface area contributed by atoms with Crippen LogP contribution in [0.1, 0.15) is 23.2 Å². The predicted molar refractivity (Wildman–Crippen MR) is 101 cm³/mol. The SMILES string of the molecule is CSCC(=O)N[C@@H]1C[C@H]1NC(=O)Cc1c(C)nc2c(c1C)c(=O)[nH]n2C. The summed E-state index contributed by atoms with van der Waals surface area (Å²) in [5, 5.41) is 9.06. The van der Waals surface area contributed by atoms with Gasteiger partial charge < -0.3 is 10.6 Å². The molecule has 2 amide bonds. The fourth-order valence-electron chi connectivity index (χ4n) is 3.22. The van der Waals surface area contributed by atoms with Crippen LogP contribution < -0.4 is 16.2 Å². The van der Waals surface area contributed by atoms with E-state index in [1.807, 2.05) is 20.1 Å². The minimum absolute atomic E-state index is 0.0103. The largest absolute Gasteiger partial charge is 0.351 e. The number of carbonyl (C=O) groups is 2. The van der Waals surface area contributed by atoms with Gasteiger partial charge in [0.1, 0.15) is 0 Å². The van der Waals surface area contributed by atoms with Gasteiger partial charge in [-0.3, -0.25) is 24.2 Å². The van der Waals surface area contributed by atoms with Crippen LogP contribution in [0.3, 0.4) is 0 Å². The third-order valence-electron chi connectivity index (χ3n) is 4.67. The molecule has 1 aliphatic carbocycles. The average Bonchev–Trinajstić information content (AvgIpc) is 3.19. The number of hydrogen-bond donors (Lipinski definition) is 3. The van der Waals surface area contributed by atoms with Gasteiger partial charge in [0.25, 0.3) is 5.56 Å². The second-order valence-corrected chi connectivity index (χ2v) is 7.56. The molecule has 0 unspecified atom stereocenters. The minimum atomic E-state index is -0.201. The average molecular weight is 377 g/mol. The molecule has 2 atom stereocenters. The molecular weight excluding hydrogens is 354 g/mol. The first-order chi connectivity index (χ1) is 12.3. The molecule has 26 heavy (non-hydrogen) atoms. The lowest BCUT2D eigenvalue weighted by Crippen LogP contribution is -2.36. The first-order valence-electron chi connectivity index (χ1n) is 8.44. The summed E-state index contributed by atoms with van der Waals surface area (Å²) in [6.07, 6.45) is 2.79. The normalized spacial score (nSPS) is 18.8. The fraction of sp³-hybridized carbons (Fsp3) is 0.529. The molecule has 2 aromatic heterocycles. The van der Waals surface area contributed by atoms with Gasteiger partial charge in [-0.2, -0.15) is 11.8 Å². The Labute approximate surface area is 155 Å². The number of rotatable bonds is 6. The maximum Gasteiger partial charge on any atom is 0.273 e. The number of amides is 2. The molecule has 0 saturated heterocycles. The highest BCUT2D eigenvalue weighted by molar-refractivity contribution is 7.99. The number of H-pyrrole nitrogens is 1. The second kappa shape index (κ2) is 7.14. The molecule has 0 aliphatic heterocycles. The van der Waals surface area contributed by atoms with Gasteiger partial charge in [0, 0.05) is 12.7 Å². The number of aromatic amines is 1. The fourth-order valence-corrected chi connectivity index (χ4v) is 3.57. The number of fused-ring (bicyclic) bond motifs is 1. The van der Waals surface area contributed by atoms with E-state index in [2.05, 4.69) is 20.7 Å². The van der Waals surface area contributed by atoms with Crippen LogP contribution in [0.2, 0.25) is 0 Å². The molecule has 0 aromatic carbocycles. The lowest BCUT2D eigenvalue weighted by atomic mass is 10.0. The molecule has 0 radical (unpaired) electrons. The van der Waals surface area contributed by atoms with Crippen molar-refractivity contribution in [1.82, 2.24) is 25.4 Å². The Morgan fingerprint density at radius 1 is 1.27 bits per heavy atom. The minimum Gasteiger partial charge on any atom is -0.351 e. The Bertz CT molecular complexity index is 933. The van der Waals surface area contributed by atoms with E-state index in [1.54, 1.807) is 11.7 Å². The summed E-state index contributed by atoms with van der Waals surface area (Å²) in [6, 6.07) is -0.0101. The van der Waals surface area contributed by atoms with Crippen LogP contribution >= 0.6 is 11.8 Å². The molecule has 2 aromatic rings. The zero-order valence-electron chi connectivity index (χ0n) is 15.3. The molecule has 0 spiro atoms. The van der Waals surface area contributed by atoms with Crippen LogP contribution in [-0.2, 0) is 23.1 Å². The highest BCUT2D eigenvalue weighted by Gasteiger charge is 2.39. The van der Waals surface area contributed by atoms with Crippen molar-refractivity contribution in [3.05, 3.63) is 27.2 Å². The number of hydrogen-bond acceptors (Lipinski definition) is 5. The molecule has 0 bridgehead atoms. The molecule has 8 nitrogen and oxygen atoms in total. The van der Waals surface area contributed by atoms with Gasteiger partial charge in [0.2, 0.25) is 11.8 Å². The first-order valence-corrected chi connectivity index (χ1v) is 9.83. The van der Waals surface area contributed by atoms with Crippen LogP contribution in [0.25, 0.3) is 11.0 Å². The van der Waals surface area contributed by atoms with E-state index < -0.39 is 0 Å². The molecule has 9 heteroatoms. The number of carbonyl (C=O) groups excluding carboxylic acids is 2. The monoisotopic (exact) mass is 377 g/mol.